The number of aromatic nitrogens is 2. The van der Waals surface area contributed by atoms with E-state index in [0.717, 1.165) is 25.7 Å². The largest absolute Gasteiger partial charge is 0.458 e. The number of sulfonamides is 1. The summed E-state index contributed by atoms with van der Waals surface area (Å²) in [6, 6.07) is 4.69. The van der Waals surface area contributed by atoms with Crippen LogP contribution >= 0.6 is 11.6 Å². The van der Waals surface area contributed by atoms with E-state index in [0.29, 0.717) is 12.8 Å². The summed E-state index contributed by atoms with van der Waals surface area (Å²) in [5, 5.41) is 7.57. The number of rotatable bonds is 13. The first kappa shape index (κ1) is 39.2. The molecule has 3 saturated carbocycles. The predicted octanol–water partition coefficient (Wildman–Crippen LogP) is 4.11. The topological polar surface area (TPSA) is 198 Å². The van der Waals surface area contributed by atoms with E-state index in [9.17, 15) is 32.0 Å². The minimum absolute atomic E-state index is 0.0323. The van der Waals surface area contributed by atoms with Crippen molar-refractivity contribution in [2.75, 3.05) is 11.9 Å². The molecule has 5 atom stereocenters. The highest BCUT2D eigenvalue weighted by molar-refractivity contribution is 7.91. The van der Waals surface area contributed by atoms with Gasteiger partial charge in [-0.3, -0.25) is 19.1 Å². The molecule has 0 spiro atoms. The molecule has 4 aliphatic rings. The van der Waals surface area contributed by atoms with Gasteiger partial charge >= 0.3 is 12.1 Å². The molecule has 54 heavy (non-hydrogen) atoms. The molecule has 0 unspecified atom stereocenters. The first-order valence-electron chi connectivity index (χ1n) is 18.0. The lowest BCUT2D eigenvalue weighted by molar-refractivity contribution is -0.143. The number of alkyl carbamates (subject to hydrolysis) is 1. The summed E-state index contributed by atoms with van der Waals surface area (Å²) in [4.78, 5) is 64.9. The fourth-order valence-electron chi connectivity index (χ4n) is 6.88. The van der Waals surface area contributed by atoms with Gasteiger partial charge in [0.05, 0.1) is 17.5 Å². The van der Waals surface area contributed by atoms with Gasteiger partial charge in [-0.25, -0.2) is 17.6 Å². The number of anilines is 2. The normalized spacial score (nSPS) is 24.6. The van der Waals surface area contributed by atoms with Crippen LogP contribution in [0.1, 0.15) is 72.1 Å². The van der Waals surface area contributed by atoms with Gasteiger partial charge in [-0.15, -0.1) is 6.58 Å². The lowest BCUT2D eigenvalue weighted by atomic mass is 9.85. The average molecular weight is 790 g/mol. The van der Waals surface area contributed by atoms with Gasteiger partial charge in [0.2, 0.25) is 21.8 Å². The maximum Gasteiger partial charge on any atom is 0.408 e. The molecule has 1 aromatic heterocycles. The highest BCUT2D eigenvalue weighted by atomic mass is 35.5. The van der Waals surface area contributed by atoms with Crippen molar-refractivity contribution in [3.63, 3.8) is 0 Å². The van der Waals surface area contributed by atoms with E-state index in [1.807, 2.05) is 0 Å². The highest BCUT2D eigenvalue weighted by Gasteiger charge is 2.62. The van der Waals surface area contributed by atoms with Gasteiger partial charge < -0.3 is 30.3 Å². The molecule has 18 heteroatoms. The Morgan fingerprint density at radius 3 is 2.43 bits per heavy atom. The van der Waals surface area contributed by atoms with Gasteiger partial charge in [-0.2, -0.15) is 9.97 Å². The molecule has 292 valence electrons. The van der Waals surface area contributed by atoms with Crippen molar-refractivity contribution < 1.29 is 41.5 Å². The Morgan fingerprint density at radius 2 is 1.80 bits per heavy atom. The first-order chi connectivity index (χ1) is 25.5. The van der Waals surface area contributed by atoms with E-state index in [-0.39, 0.29) is 48.2 Å². The minimum atomic E-state index is -3.93. The molecule has 2 heterocycles. The number of hydrogen-bond donors (Lipinski definition) is 4. The average Bonchev–Trinajstić information content (AvgIpc) is 3.98. The van der Waals surface area contributed by atoms with Gasteiger partial charge in [0.15, 0.2) is 0 Å². The van der Waals surface area contributed by atoms with E-state index in [2.05, 4.69) is 37.2 Å². The smallest absolute Gasteiger partial charge is 0.408 e. The van der Waals surface area contributed by atoms with E-state index >= 15 is 0 Å². The van der Waals surface area contributed by atoms with E-state index in [1.165, 1.54) is 35.2 Å². The van der Waals surface area contributed by atoms with Gasteiger partial charge in [0.25, 0.3) is 5.91 Å². The Bertz CT molecular complexity index is 1920. The second-order valence-electron chi connectivity index (χ2n) is 15.4. The number of halogens is 2. The Morgan fingerprint density at radius 1 is 1.09 bits per heavy atom. The van der Waals surface area contributed by atoms with Crippen LogP contribution in [0.15, 0.2) is 43.0 Å². The minimum Gasteiger partial charge on any atom is -0.458 e. The zero-order valence-corrected chi connectivity index (χ0v) is 31.8. The van der Waals surface area contributed by atoms with E-state index in [1.54, 1.807) is 26.8 Å². The molecule has 1 aromatic carbocycles. The predicted molar refractivity (Wildman–Crippen MR) is 196 cm³/mol. The SMILES string of the molecule is C=C[C@@H]1C[C@]1(NC(=O)[C@@H]1C[C@@H](Oc2nc(Cl)cc(Nc3ccccc3F)n2)CN1C(=O)[C@@H](NC(=O)OC1CCCC1)C(C)(C)C)C(=O)NS(=O)(=O)C1CC1. The number of nitrogens with zero attached hydrogens (tertiary/aromatic N) is 3. The number of nitrogens with one attached hydrogen (secondary N) is 4. The fraction of sp³-hybridized carbons (Fsp3) is 0.556. The molecule has 15 nitrogen and oxygen atoms in total. The van der Waals surface area contributed by atoms with Crippen LogP contribution in [-0.2, 0) is 29.1 Å². The van der Waals surface area contributed by atoms with Crippen molar-refractivity contribution in [1.82, 2.24) is 30.2 Å². The van der Waals surface area contributed by atoms with Crippen LogP contribution < -0.4 is 25.4 Å². The van der Waals surface area contributed by atoms with Crippen LogP contribution in [0, 0.1) is 17.2 Å². The summed E-state index contributed by atoms with van der Waals surface area (Å²) in [5.74, 6) is -3.23. The van der Waals surface area contributed by atoms with Gasteiger partial charge in [0, 0.05) is 18.4 Å². The summed E-state index contributed by atoms with van der Waals surface area (Å²) < 4.78 is 53.5. The van der Waals surface area contributed by atoms with Crippen LogP contribution in [0.25, 0.3) is 0 Å². The quantitative estimate of drug-likeness (QED) is 0.168. The molecule has 0 bridgehead atoms. The van der Waals surface area contributed by atoms with Gasteiger partial charge in [0.1, 0.15) is 46.6 Å². The molecule has 4 N–H and O–H groups in total. The summed E-state index contributed by atoms with van der Waals surface area (Å²) in [6.45, 7) is 8.84. The molecule has 4 amide bonds. The Kier molecular flexibility index (Phi) is 11.1. The molecule has 0 radical (unpaired) electrons. The van der Waals surface area contributed by atoms with Gasteiger partial charge in [-0.1, -0.05) is 50.6 Å². The fourth-order valence-corrected chi connectivity index (χ4v) is 8.42. The lowest BCUT2D eigenvalue weighted by Crippen LogP contribution is -2.60. The standard InChI is InChI=1S/C36H45ClFN7O8S/c1-5-20-18-36(20,32(48)44-54(50,51)23-14-15-23)43-30(46)26-16-22(52-33-40-27(37)17-28(41-33)39-25-13-9-8-12-24(25)38)19-45(26)31(47)29(35(2,3)4)42-34(49)53-21-10-6-7-11-21/h5,8-9,12-13,17,20-23,26,29H,1,6-7,10-11,14-16,18-19H2,2-4H3,(H,42,49)(H,43,46)(H,44,48)(H,39,40,41)/t20-,22-,26+,29-,36-/m1/s1. The number of hydrogen-bond acceptors (Lipinski definition) is 11. The van der Waals surface area contributed by atoms with Crippen molar-refractivity contribution in [1.29, 1.82) is 0 Å². The van der Waals surface area contributed by atoms with E-state index < -0.39 is 80.0 Å². The summed E-state index contributed by atoms with van der Waals surface area (Å²) in [6.07, 6.45) is 3.71. The third-order valence-electron chi connectivity index (χ3n) is 10.1. The zero-order chi connectivity index (χ0) is 39.0. The zero-order valence-electron chi connectivity index (χ0n) is 30.3. The number of benzene rings is 1. The molecule has 1 aliphatic heterocycles. The second kappa shape index (κ2) is 15.3. The van der Waals surface area contributed by atoms with Crippen molar-refractivity contribution in [3.8, 4) is 6.01 Å². The number of amides is 4. The Balaban J connectivity index is 1.25. The van der Waals surface area contributed by atoms with Crippen LogP contribution in [-0.4, -0.2) is 88.7 Å². The molecular weight excluding hydrogens is 745 g/mol. The van der Waals surface area contributed by atoms with Crippen molar-refractivity contribution >= 4 is 56.9 Å². The van der Waals surface area contributed by atoms with Crippen LogP contribution in [0.3, 0.4) is 0 Å². The molecule has 4 fully saturated rings. The molecule has 2 aromatic rings. The van der Waals surface area contributed by atoms with Gasteiger partial charge in [-0.05, 0) is 62.5 Å². The summed E-state index contributed by atoms with van der Waals surface area (Å²) >= 11 is 6.27. The van der Waals surface area contributed by atoms with E-state index in [4.69, 9.17) is 21.1 Å². The van der Waals surface area contributed by atoms with Crippen LogP contribution in [0.2, 0.25) is 5.15 Å². The lowest BCUT2D eigenvalue weighted by Gasteiger charge is -2.35. The monoisotopic (exact) mass is 789 g/mol. The third-order valence-corrected chi connectivity index (χ3v) is 12.1. The summed E-state index contributed by atoms with van der Waals surface area (Å²) in [5.41, 5.74) is -2.33. The maximum atomic E-state index is 14.5. The van der Waals surface area contributed by atoms with Crippen molar-refractivity contribution in [3.05, 3.63) is 54.0 Å². The Labute approximate surface area is 318 Å². The van der Waals surface area contributed by atoms with Crippen LogP contribution in [0.4, 0.5) is 20.7 Å². The Hall–Kier alpha value is -4.51. The number of carbonyl (C=O) groups excluding carboxylic acids is 4. The number of ether oxygens (including phenoxy) is 2. The van der Waals surface area contributed by atoms with Crippen molar-refractivity contribution in [2.45, 2.75) is 107 Å². The maximum absolute atomic E-state index is 14.5. The molecule has 3 aliphatic carbocycles. The highest BCUT2D eigenvalue weighted by Crippen LogP contribution is 2.45. The third kappa shape index (κ3) is 8.88. The summed E-state index contributed by atoms with van der Waals surface area (Å²) in [7, 11) is -3.93. The number of carbonyl (C=O) groups is 4. The molecule has 6 rings (SSSR count). The molecular formula is C36H45ClFN7O8S. The second-order valence-corrected chi connectivity index (χ2v) is 17.7. The molecule has 1 saturated heterocycles. The number of para-hydroxylation sites is 1. The van der Waals surface area contributed by atoms with Crippen LogP contribution in [0.5, 0.6) is 6.01 Å². The number of likely N-dealkylation sites (tertiary alicyclic amines) is 1. The van der Waals surface area contributed by atoms with Crippen molar-refractivity contribution in [2.24, 2.45) is 11.3 Å². The first-order valence-corrected chi connectivity index (χ1v) is 19.9.